The summed E-state index contributed by atoms with van der Waals surface area (Å²) in [7, 11) is 0. The number of hydrogen-bond donors (Lipinski definition) is 1. The summed E-state index contributed by atoms with van der Waals surface area (Å²) in [6.07, 6.45) is 3.08. The second-order valence-electron chi connectivity index (χ2n) is 6.95. The third kappa shape index (κ3) is 5.95. The lowest BCUT2D eigenvalue weighted by molar-refractivity contribution is -0.133. The Labute approximate surface area is 143 Å². The number of carbonyl (C=O) groups is 2. The maximum absolute atomic E-state index is 13.1. The van der Waals surface area contributed by atoms with Crippen LogP contribution < -0.4 is 5.32 Å². The third-order valence-electron chi connectivity index (χ3n) is 4.33. The second-order valence-corrected chi connectivity index (χ2v) is 6.95. The summed E-state index contributed by atoms with van der Waals surface area (Å²) in [6, 6.07) is 6.49. The van der Waals surface area contributed by atoms with Crippen molar-refractivity contribution in [2.75, 3.05) is 13.1 Å². The van der Waals surface area contributed by atoms with E-state index in [9.17, 15) is 14.0 Å². The molecule has 1 N–H and O–H groups in total. The molecule has 0 saturated carbocycles. The highest BCUT2D eigenvalue weighted by atomic mass is 19.1. The first-order valence-corrected chi connectivity index (χ1v) is 8.75. The van der Waals surface area contributed by atoms with E-state index in [2.05, 4.69) is 5.32 Å². The van der Waals surface area contributed by atoms with Gasteiger partial charge in [0.15, 0.2) is 0 Å². The number of nitrogens with zero attached hydrogens (tertiary/aromatic N) is 1. The fraction of sp³-hybridized carbons (Fsp3) is 0.579. The summed E-state index contributed by atoms with van der Waals surface area (Å²) >= 11 is 0. The first-order chi connectivity index (χ1) is 11.4. The average Bonchev–Trinajstić information content (AvgIpc) is 2.53. The van der Waals surface area contributed by atoms with E-state index in [0.717, 1.165) is 18.4 Å². The van der Waals surface area contributed by atoms with Gasteiger partial charge in [-0.05, 0) is 42.9 Å². The van der Waals surface area contributed by atoms with Crippen LogP contribution in [0.4, 0.5) is 4.39 Å². The van der Waals surface area contributed by atoms with Crippen LogP contribution in [-0.4, -0.2) is 35.8 Å². The smallest absolute Gasteiger partial charge is 0.222 e. The van der Waals surface area contributed by atoms with Gasteiger partial charge in [0.2, 0.25) is 11.8 Å². The number of benzene rings is 1. The minimum absolute atomic E-state index is 0.00813. The SMILES string of the molecule is CC(C)CC(=O)N1CCC(NC(=O)CCc2cccc(F)c2)CC1. The Bertz CT molecular complexity index is 566. The lowest BCUT2D eigenvalue weighted by atomic mass is 10.0. The van der Waals surface area contributed by atoms with E-state index < -0.39 is 0 Å². The molecular weight excluding hydrogens is 307 g/mol. The van der Waals surface area contributed by atoms with Gasteiger partial charge in [0, 0.05) is 32.0 Å². The summed E-state index contributed by atoms with van der Waals surface area (Å²) in [5.41, 5.74) is 0.833. The van der Waals surface area contributed by atoms with Gasteiger partial charge in [0.1, 0.15) is 5.82 Å². The van der Waals surface area contributed by atoms with Crippen LogP contribution in [0.15, 0.2) is 24.3 Å². The molecule has 0 unspecified atom stereocenters. The maximum Gasteiger partial charge on any atom is 0.222 e. The van der Waals surface area contributed by atoms with Crippen molar-refractivity contribution < 1.29 is 14.0 Å². The average molecular weight is 334 g/mol. The van der Waals surface area contributed by atoms with Gasteiger partial charge in [0.05, 0.1) is 0 Å². The first kappa shape index (κ1) is 18.4. The van der Waals surface area contributed by atoms with Gasteiger partial charge < -0.3 is 10.2 Å². The van der Waals surface area contributed by atoms with Crippen LogP contribution >= 0.6 is 0 Å². The summed E-state index contributed by atoms with van der Waals surface area (Å²) in [6.45, 7) is 5.51. The summed E-state index contributed by atoms with van der Waals surface area (Å²) in [5.74, 6) is 0.302. The van der Waals surface area contributed by atoms with Crippen LogP contribution in [0.25, 0.3) is 0 Å². The number of rotatable bonds is 6. The molecule has 0 radical (unpaired) electrons. The quantitative estimate of drug-likeness (QED) is 0.869. The van der Waals surface area contributed by atoms with E-state index in [-0.39, 0.29) is 23.7 Å². The summed E-state index contributed by atoms with van der Waals surface area (Å²) < 4.78 is 13.1. The lowest BCUT2D eigenvalue weighted by Crippen LogP contribution is -2.46. The van der Waals surface area contributed by atoms with Crippen LogP contribution in [0.1, 0.15) is 45.1 Å². The molecule has 5 heteroatoms. The van der Waals surface area contributed by atoms with Crippen molar-refractivity contribution in [2.45, 2.75) is 52.0 Å². The van der Waals surface area contributed by atoms with E-state index in [1.54, 1.807) is 6.07 Å². The van der Waals surface area contributed by atoms with Crippen LogP contribution in [-0.2, 0) is 16.0 Å². The Hall–Kier alpha value is -1.91. The molecule has 1 saturated heterocycles. The van der Waals surface area contributed by atoms with Gasteiger partial charge in [-0.3, -0.25) is 9.59 Å². The molecule has 0 atom stereocenters. The van der Waals surface area contributed by atoms with Gasteiger partial charge in [0.25, 0.3) is 0 Å². The normalized spacial score (nSPS) is 15.6. The number of halogens is 1. The number of likely N-dealkylation sites (tertiary alicyclic amines) is 1. The lowest BCUT2D eigenvalue weighted by Gasteiger charge is -2.33. The topological polar surface area (TPSA) is 49.4 Å². The monoisotopic (exact) mass is 334 g/mol. The largest absolute Gasteiger partial charge is 0.353 e. The fourth-order valence-electron chi connectivity index (χ4n) is 3.00. The maximum atomic E-state index is 13.1. The number of piperidine rings is 1. The molecule has 2 rings (SSSR count). The highest BCUT2D eigenvalue weighted by molar-refractivity contribution is 5.77. The van der Waals surface area contributed by atoms with Gasteiger partial charge in [-0.2, -0.15) is 0 Å². The second kappa shape index (κ2) is 8.81. The third-order valence-corrected chi connectivity index (χ3v) is 4.33. The van der Waals surface area contributed by atoms with Crippen LogP contribution in [0.3, 0.4) is 0 Å². The van der Waals surface area contributed by atoms with Gasteiger partial charge in [-0.15, -0.1) is 0 Å². The van der Waals surface area contributed by atoms with Gasteiger partial charge >= 0.3 is 0 Å². The van der Waals surface area contributed by atoms with Crippen molar-refractivity contribution in [2.24, 2.45) is 5.92 Å². The molecule has 0 bridgehead atoms. The number of nitrogens with one attached hydrogen (secondary N) is 1. The number of hydrogen-bond acceptors (Lipinski definition) is 2. The fourth-order valence-corrected chi connectivity index (χ4v) is 3.00. The molecule has 1 aromatic carbocycles. The molecular formula is C19H27FN2O2. The zero-order chi connectivity index (χ0) is 17.5. The van der Waals surface area contributed by atoms with E-state index in [4.69, 9.17) is 0 Å². The minimum Gasteiger partial charge on any atom is -0.353 e. The number of carbonyl (C=O) groups excluding carboxylic acids is 2. The first-order valence-electron chi connectivity index (χ1n) is 8.75. The Balaban J connectivity index is 1.69. The molecule has 0 spiro atoms. The molecule has 132 valence electrons. The predicted molar refractivity (Wildman–Crippen MR) is 91.9 cm³/mol. The number of aryl methyl sites for hydroxylation is 1. The number of amides is 2. The highest BCUT2D eigenvalue weighted by Gasteiger charge is 2.23. The van der Waals surface area contributed by atoms with Crippen molar-refractivity contribution >= 4 is 11.8 Å². The Morgan fingerprint density at radius 3 is 2.62 bits per heavy atom. The van der Waals surface area contributed by atoms with E-state index >= 15 is 0 Å². The molecule has 2 amide bonds. The van der Waals surface area contributed by atoms with E-state index in [1.165, 1.54) is 12.1 Å². The van der Waals surface area contributed by atoms with Crippen LogP contribution in [0.2, 0.25) is 0 Å². The van der Waals surface area contributed by atoms with Crippen molar-refractivity contribution in [1.29, 1.82) is 0 Å². The molecule has 1 aliphatic rings. The van der Waals surface area contributed by atoms with E-state index in [1.807, 2.05) is 24.8 Å². The molecule has 1 aromatic rings. The Kier molecular flexibility index (Phi) is 6.76. The zero-order valence-corrected chi connectivity index (χ0v) is 14.6. The molecule has 4 nitrogen and oxygen atoms in total. The molecule has 1 fully saturated rings. The van der Waals surface area contributed by atoms with Crippen LogP contribution in [0, 0.1) is 11.7 Å². The van der Waals surface area contributed by atoms with Crippen molar-refractivity contribution in [3.63, 3.8) is 0 Å². The minimum atomic E-state index is -0.272. The summed E-state index contributed by atoms with van der Waals surface area (Å²) in [4.78, 5) is 26.0. The van der Waals surface area contributed by atoms with Crippen molar-refractivity contribution in [1.82, 2.24) is 10.2 Å². The summed E-state index contributed by atoms with van der Waals surface area (Å²) in [5, 5.41) is 3.03. The van der Waals surface area contributed by atoms with Gasteiger partial charge in [-0.1, -0.05) is 26.0 Å². The van der Waals surface area contributed by atoms with Crippen molar-refractivity contribution in [3.05, 3.63) is 35.6 Å². The standard InChI is InChI=1S/C19H27FN2O2/c1-14(2)12-19(24)22-10-8-17(9-11-22)21-18(23)7-6-15-4-3-5-16(20)13-15/h3-5,13-14,17H,6-12H2,1-2H3,(H,21,23). The van der Waals surface area contributed by atoms with E-state index in [0.29, 0.717) is 38.3 Å². The Morgan fingerprint density at radius 2 is 2.00 bits per heavy atom. The zero-order valence-electron chi connectivity index (χ0n) is 14.6. The molecule has 24 heavy (non-hydrogen) atoms. The molecule has 1 aliphatic heterocycles. The van der Waals surface area contributed by atoms with Gasteiger partial charge in [-0.25, -0.2) is 4.39 Å². The molecule has 1 heterocycles. The van der Waals surface area contributed by atoms with Crippen LogP contribution in [0.5, 0.6) is 0 Å². The molecule has 0 aliphatic carbocycles. The van der Waals surface area contributed by atoms with Crippen molar-refractivity contribution in [3.8, 4) is 0 Å². The predicted octanol–water partition coefficient (Wildman–Crippen LogP) is 2.91. The Morgan fingerprint density at radius 1 is 1.29 bits per heavy atom. The highest BCUT2D eigenvalue weighted by Crippen LogP contribution is 2.14. The molecule has 0 aromatic heterocycles.